The molecular weight excluding hydrogens is 172 g/mol. The molecule has 0 atom stereocenters. The fourth-order valence-corrected chi connectivity index (χ4v) is 1.84. The molecule has 78 valence electrons. The van der Waals surface area contributed by atoms with Gasteiger partial charge in [0.15, 0.2) is 0 Å². The molecule has 0 unspecified atom stereocenters. The SMILES string of the molecule is CCC(C)(C)N1CCCCC1(F)F. The highest BCUT2D eigenvalue weighted by atomic mass is 19.3. The van der Waals surface area contributed by atoms with Crippen LogP contribution in [0.1, 0.15) is 46.5 Å². The summed E-state index contributed by atoms with van der Waals surface area (Å²) < 4.78 is 27.0. The van der Waals surface area contributed by atoms with Gasteiger partial charge in [0, 0.05) is 18.5 Å². The van der Waals surface area contributed by atoms with E-state index in [0.29, 0.717) is 13.0 Å². The fourth-order valence-electron chi connectivity index (χ4n) is 1.84. The van der Waals surface area contributed by atoms with Crippen molar-refractivity contribution in [1.82, 2.24) is 4.90 Å². The maximum Gasteiger partial charge on any atom is 0.305 e. The second kappa shape index (κ2) is 3.52. The van der Waals surface area contributed by atoms with E-state index >= 15 is 0 Å². The van der Waals surface area contributed by atoms with Crippen LogP contribution in [0.25, 0.3) is 0 Å². The van der Waals surface area contributed by atoms with E-state index in [1.165, 1.54) is 4.90 Å². The average molecular weight is 191 g/mol. The molecule has 1 aliphatic rings. The quantitative estimate of drug-likeness (QED) is 0.605. The first-order valence-electron chi connectivity index (χ1n) is 5.06. The summed E-state index contributed by atoms with van der Waals surface area (Å²) in [6, 6.07) is -2.59. The summed E-state index contributed by atoms with van der Waals surface area (Å²) in [7, 11) is 0. The van der Waals surface area contributed by atoms with Crippen molar-refractivity contribution in [3.8, 4) is 0 Å². The molecule has 1 nitrogen and oxygen atoms in total. The highest BCUT2D eigenvalue weighted by molar-refractivity contribution is 4.87. The van der Waals surface area contributed by atoms with Crippen molar-refractivity contribution >= 4 is 0 Å². The van der Waals surface area contributed by atoms with Gasteiger partial charge in [0.25, 0.3) is 0 Å². The van der Waals surface area contributed by atoms with Crippen LogP contribution in [0.5, 0.6) is 0 Å². The molecule has 3 heteroatoms. The molecular formula is C10H19F2N. The third kappa shape index (κ3) is 2.19. The van der Waals surface area contributed by atoms with Gasteiger partial charge in [-0.3, -0.25) is 0 Å². The van der Waals surface area contributed by atoms with E-state index in [1.807, 2.05) is 20.8 Å². The highest BCUT2D eigenvalue weighted by Gasteiger charge is 2.45. The molecule has 1 rings (SSSR count). The number of hydrogen-bond donors (Lipinski definition) is 0. The fraction of sp³-hybridized carbons (Fsp3) is 1.00. The summed E-state index contributed by atoms with van der Waals surface area (Å²) in [5.41, 5.74) is -0.371. The highest BCUT2D eigenvalue weighted by Crippen LogP contribution is 2.37. The summed E-state index contributed by atoms with van der Waals surface area (Å²) in [5, 5.41) is 0. The first-order chi connectivity index (χ1) is 5.90. The number of halogens is 2. The van der Waals surface area contributed by atoms with Gasteiger partial charge in [-0.05, 0) is 33.1 Å². The van der Waals surface area contributed by atoms with E-state index in [9.17, 15) is 8.78 Å². The number of nitrogens with zero attached hydrogens (tertiary/aromatic N) is 1. The number of piperidine rings is 1. The minimum absolute atomic E-state index is 0.0242. The maximum absolute atomic E-state index is 13.5. The second-order valence-electron chi connectivity index (χ2n) is 4.44. The van der Waals surface area contributed by atoms with Crippen LogP contribution >= 0.6 is 0 Å². The summed E-state index contributed by atoms with van der Waals surface area (Å²) in [6.45, 7) is 6.29. The molecule has 0 amide bonds. The minimum atomic E-state index is -2.59. The van der Waals surface area contributed by atoms with Gasteiger partial charge in [-0.15, -0.1) is 0 Å². The summed E-state index contributed by atoms with van der Waals surface area (Å²) in [6.07, 6.45) is 2.35. The van der Waals surface area contributed by atoms with Gasteiger partial charge in [-0.25, -0.2) is 4.90 Å². The summed E-state index contributed by atoms with van der Waals surface area (Å²) >= 11 is 0. The van der Waals surface area contributed by atoms with Gasteiger partial charge in [-0.1, -0.05) is 6.92 Å². The topological polar surface area (TPSA) is 3.24 Å². The van der Waals surface area contributed by atoms with E-state index in [4.69, 9.17) is 0 Å². The smallest absolute Gasteiger partial charge is 0.239 e. The Morgan fingerprint density at radius 2 is 1.92 bits per heavy atom. The standard InChI is InChI=1S/C10H19F2N/c1-4-9(2,3)13-8-6-5-7-10(13,11)12/h4-8H2,1-3H3. The Bertz CT molecular complexity index is 170. The third-order valence-electron chi connectivity index (χ3n) is 3.10. The zero-order chi connectivity index (χ0) is 10.1. The normalized spacial score (nSPS) is 24.7. The average Bonchev–Trinajstić information content (AvgIpc) is 2.03. The van der Waals surface area contributed by atoms with Gasteiger partial charge < -0.3 is 0 Å². The lowest BCUT2D eigenvalue weighted by Gasteiger charge is -2.45. The van der Waals surface area contributed by atoms with Crippen LogP contribution in [0.2, 0.25) is 0 Å². The molecule has 0 aromatic heterocycles. The number of rotatable bonds is 2. The Hall–Kier alpha value is -0.180. The Balaban J connectivity index is 2.76. The first-order valence-corrected chi connectivity index (χ1v) is 5.06. The van der Waals surface area contributed by atoms with Crippen molar-refractivity contribution < 1.29 is 8.78 Å². The van der Waals surface area contributed by atoms with E-state index in [0.717, 1.165) is 12.8 Å². The van der Waals surface area contributed by atoms with Crippen molar-refractivity contribution in [2.24, 2.45) is 0 Å². The molecule has 1 heterocycles. The van der Waals surface area contributed by atoms with Gasteiger partial charge >= 0.3 is 6.05 Å². The molecule has 0 bridgehead atoms. The van der Waals surface area contributed by atoms with Crippen LogP contribution in [0.3, 0.4) is 0 Å². The zero-order valence-electron chi connectivity index (χ0n) is 8.74. The molecule has 0 radical (unpaired) electrons. The van der Waals surface area contributed by atoms with Crippen LogP contribution in [0, 0.1) is 0 Å². The molecule has 0 aromatic carbocycles. The van der Waals surface area contributed by atoms with Gasteiger partial charge in [-0.2, -0.15) is 8.78 Å². The Labute approximate surface area is 79.1 Å². The summed E-state index contributed by atoms with van der Waals surface area (Å²) in [4.78, 5) is 1.36. The van der Waals surface area contributed by atoms with Gasteiger partial charge in [0.2, 0.25) is 0 Å². The van der Waals surface area contributed by atoms with Crippen molar-refractivity contribution in [2.75, 3.05) is 6.54 Å². The molecule has 1 saturated heterocycles. The Morgan fingerprint density at radius 1 is 1.31 bits per heavy atom. The maximum atomic E-state index is 13.5. The van der Waals surface area contributed by atoms with Crippen LogP contribution in [0.4, 0.5) is 8.78 Å². The van der Waals surface area contributed by atoms with Gasteiger partial charge in [0.05, 0.1) is 0 Å². The monoisotopic (exact) mass is 191 g/mol. The molecule has 0 aromatic rings. The molecule has 0 aliphatic carbocycles. The number of likely N-dealkylation sites (tertiary alicyclic amines) is 1. The van der Waals surface area contributed by atoms with Crippen LogP contribution in [0.15, 0.2) is 0 Å². The lowest BCUT2D eigenvalue weighted by atomic mass is 9.95. The molecule has 1 fully saturated rings. The van der Waals surface area contributed by atoms with Crippen molar-refractivity contribution in [3.63, 3.8) is 0 Å². The predicted octanol–water partition coefficient (Wildman–Crippen LogP) is 3.25. The first kappa shape index (κ1) is 10.9. The van der Waals surface area contributed by atoms with Crippen molar-refractivity contribution in [3.05, 3.63) is 0 Å². The van der Waals surface area contributed by atoms with Crippen LogP contribution in [-0.2, 0) is 0 Å². The molecule has 1 aliphatic heterocycles. The minimum Gasteiger partial charge on any atom is -0.239 e. The largest absolute Gasteiger partial charge is 0.305 e. The lowest BCUT2D eigenvalue weighted by Crippen LogP contribution is -2.55. The van der Waals surface area contributed by atoms with Crippen LogP contribution in [-0.4, -0.2) is 23.0 Å². The van der Waals surface area contributed by atoms with Crippen molar-refractivity contribution in [2.45, 2.75) is 58.0 Å². The molecule has 0 N–H and O–H groups in total. The molecule has 13 heavy (non-hydrogen) atoms. The van der Waals surface area contributed by atoms with E-state index in [2.05, 4.69) is 0 Å². The Kier molecular flexibility index (Phi) is 2.95. The van der Waals surface area contributed by atoms with E-state index in [1.54, 1.807) is 0 Å². The lowest BCUT2D eigenvalue weighted by molar-refractivity contribution is -0.204. The van der Waals surface area contributed by atoms with Gasteiger partial charge in [0.1, 0.15) is 0 Å². The number of alkyl halides is 2. The zero-order valence-corrected chi connectivity index (χ0v) is 8.74. The number of hydrogen-bond acceptors (Lipinski definition) is 1. The van der Waals surface area contributed by atoms with E-state index in [-0.39, 0.29) is 12.0 Å². The Morgan fingerprint density at radius 3 is 2.38 bits per heavy atom. The predicted molar refractivity (Wildman–Crippen MR) is 49.9 cm³/mol. The van der Waals surface area contributed by atoms with E-state index < -0.39 is 6.05 Å². The summed E-state index contributed by atoms with van der Waals surface area (Å²) in [5.74, 6) is 0. The van der Waals surface area contributed by atoms with Crippen molar-refractivity contribution in [1.29, 1.82) is 0 Å². The van der Waals surface area contributed by atoms with Crippen LogP contribution < -0.4 is 0 Å². The molecule has 0 spiro atoms. The molecule has 0 saturated carbocycles. The second-order valence-corrected chi connectivity index (χ2v) is 4.44. The third-order valence-corrected chi connectivity index (χ3v) is 3.10.